The van der Waals surface area contributed by atoms with Crippen molar-refractivity contribution in [3.8, 4) is 11.5 Å². The Morgan fingerprint density at radius 2 is 1.88 bits per heavy atom. The molecule has 84 valence electrons. The van der Waals surface area contributed by atoms with Gasteiger partial charge in [0.15, 0.2) is 5.58 Å². The minimum Gasteiger partial charge on any atom is -0.434 e. The van der Waals surface area contributed by atoms with E-state index in [1.165, 1.54) is 6.07 Å². The van der Waals surface area contributed by atoms with Crippen LogP contribution in [0.3, 0.4) is 0 Å². The van der Waals surface area contributed by atoms with Gasteiger partial charge in [0, 0.05) is 0 Å². The minimum absolute atomic E-state index is 0.205. The van der Waals surface area contributed by atoms with Crippen molar-refractivity contribution >= 4 is 17.0 Å². The topological polar surface area (TPSA) is 64.9 Å². The van der Waals surface area contributed by atoms with Crippen LogP contribution < -0.4 is 5.73 Å². The molecule has 0 aliphatic carbocycles. The molecule has 2 N–H and O–H groups in total. The zero-order chi connectivity index (χ0) is 11.8. The molecule has 0 atom stereocenters. The average molecular weight is 229 g/mol. The fourth-order valence-corrected chi connectivity index (χ4v) is 1.58. The van der Waals surface area contributed by atoms with Crippen molar-refractivity contribution in [1.82, 2.24) is 9.97 Å². The SMILES string of the molecule is Nc1ccc2oc(-c3ccccc3F)nc2n1. The van der Waals surface area contributed by atoms with Crippen LogP contribution in [0.25, 0.3) is 22.7 Å². The molecule has 0 radical (unpaired) electrons. The van der Waals surface area contributed by atoms with E-state index in [9.17, 15) is 4.39 Å². The van der Waals surface area contributed by atoms with Crippen LogP contribution in [0.15, 0.2) is 40.8 Å². The maximum absolute atomic E-state index is 13.5. The van der Waals surface area contributed by atoms with Gasteiger partial charge in [-0.25, -0.2) is 9.37 Å². The number of rotatable bonds is 1. The summed E-state index contributed by atoms with van der Waals surface area (Å²) in [4.78, 5) is 8.11. The summed E-state index contributed by atoms with van der Waals surface area (Å²) in [7, 11) is 0. The molecule has 2 aromatic heterocycles. The van der Waals surface area contributed by atoms with Crippen LogP contribution >= 0.6 is 0 Å². The van der Waals surface area contributed by atoms with Crippen molar-refractivity contribution in [2.75, 3.05) is 5.73 Å². The van der Waals surface area contributed by atoms with E-state index in [0.717, 1.165) is 0 Å². The van der Waals surface area contributed by atoms with Gasteiger partial charge in [0.25, 0.3) is 0 Å². The van der Waals surface area contributed by atoms with Gasteiger partial charge in [-0.3, -0.25) is 0 Å². The molecule has 4 nitrogen and oxygen atoms in total. The Balaban J connectivity index is 2.22. The highest BCUT2D eigenvalue weighted by Crippen LogP contribution is 2.25. The van der Waals surface area contributed by atoms with E-state index in [2.05, 4.69) is 9.97 Å². The van der Waals surface area contributed by atoms with Crippen LogP contribution in [-0.4, -0.2) is 9.97 Å². The van der Waals surface area contributed by atoms with E-state index < -0.39 is 0 Å². The van der Waals surface area contributed by atoms with Crippen LogP contribution in [0.2, 0.25) is 0 Å². The van der Waals surface area contributed by atoms with Gasteiger partial charge in [-0.1, -0.05) is 12.1 Å². The lowest BCUT2D eigenvalue weighted by Crippen LogP contribution is -1.88. The highest BCUT2D eigenvalue weighted by atomic mass is 19.1. The molecule has 0 bridgehead atoms. The summed E-state index contributed by atoms with van der Waals surface area (Å²) in [6.45, 7) is 0. The Labute approximate surface area is 95.9 Å². The second-order valence-corrected chi connectivity index (χ2v) is 3.56. The lowest BCUT2D eigenvalue weighted by molar-refractivity contribution is 0.593. The van der Waals surface area contributed by atoms with Crippen molar-refractivity contribution in [3.63, 3.8) is 0 Å². The Bertz CT molecular complexity index is 693. The zero-order valence-electron chi connectivity index (χ0n) is 8.72. The molecule has 2 heterocycles. The molecule has 0 saturated carbocycles. The number of halogens is 1. The quantitative estimate of drug-likeness (QED) is 0.696. The van der Waals surface area contributed by atoms with Gasteiger partial charge in [0.05, 0.1) is 5.56 Å². The number of aromatic nitrogens is 2. The first-order chi connectivity index (χ1) is 8.24. The second-order valence-electron chi connectivity index (χ2n) is 3.56. The highest BCUT2D eigenvalue weighted by molar-refractivity contribution is 5.73. The maximum Gasteiger partial charge on any atom is 0.231 e. The number of hydrogen-bond donors (Lipinski definition) is 1. The molecule has 1 aromatic carbocycles. The molecule has 0 aliphatic heterocycles. The van der Waals surface area contributed by atoms with Gasteiger partial charge >= 0.3 is 0 Å². The van der Waals surface area contributed by atoms with Crippen LogP contribution in [0.4, 0.5) is 10.2 Å². The van der Waals surface area contributed by atoms with Gasteiger partial charge < -0.3 is 10.2 Å². The van der Waals surface area contributed by atoms with Crippen LogP contribution in [0.5, 0.6) is 0 Å². The molecule has 0 saturated heterocycles. The van der Waals surface area contributed by atoms with Crippen LogP contribution in [0, 0.1) is 5.82 Å². The molecule has 17 heavy (non-hydrogen) atoms. The van der Waals surface area contributed by atoms with Gasteiger partial charge in [-0.2, -0.15) is 4.98 Å². The third kappa shape index (κ3) is 1.61. The highest BCUT2D eigenvalue weighted by Gasteiger charge is 2.12. The van der Waals surface area contributed by atoms with Gasteiger partial charge in [-0.15, -0.1) is 0 Å². The Kier molecular flexibility index (Phi) is 2.04. The molecule has 0 amide bonds. The number of pyridine rings is 1. The lowest BCUT2D eigenvalue weighted by atomic mass is 10.2. The Hall–Kier alpha value is -2.43. The smallest absolute Gasteiger partial charge is 0.231 e. The summed E-state index contributed by atoms with van der Waals surface area (Å²) >= 11 is 0. The zero-order valence-corrected chi connectivity index (χ0v) is 8.72. The molecule has 0 unspecified atom stereocenters. The molecule has 3 rings (SSSR count). The van der Waals surface area contributed by atoms with Crippen LogP contribution in [0.1, 0.15) is 0 Å². The lowest BCUT2D eigenvalue weighted by Gasteiger charge is -1.95. The molecule has 0 fully saturated rings. The first-order valence-electron chi connectivity index (χ1n) is 5.02. The minimum atomic E-state index is -0.382. The number of hydrogen-bond acceptors (Lipinski definition) is 4. The van der Waals surface area contributed by atoms with E-state index in [-0.39, 0.29) is 11.7 Å². The third-order valence-electron chi connectivity index (χ3n) is 2.38. The Morgan fingerprint density at radius 1 is 1.06 bits per heavy atom. The summed E-state index contributed by atoms with van der Waals surface area (Å²) in [5.41, 5.74) is 6.71. The standard InChI is InChI=1S/C12H8FN3O/c13-8-4-2-1-3-7(8)12-16-11-9(17-12)5-6-10(14)15-11/h1-6H,(H2,14,15). The predicted molar refractivity (Wildman–Crippen MR) is 61.6 cm³/mol. The van der Waals surface area contributed by atoms with Gasteiger partial charge in [0.1, 0.15) is 11.6 Å². The maximum atomic E-state index is 13.5. The van der Waals surface area contributed by atoms with Crippen molar-refractivity contribution in [2.45, 2.75) is 0 Å². The largest absolute Gasteiger partial charge is 0.434 e. The summed E-state index contributed by atoms with van der Waals surface area (Å²) in [5.74, 6) is 0.175. The van der Waals surface area contributed by atoms with E-state index in [1.54, 1.807) is 30.3 Å². The number of fused-ring (bicyclic) bond motifs is 1. The second kappa shape index (κ2) is 3.55. The first kappa shape index (κ1) is 9.77. The average Bonchev–Trinajstić information content (AvgIpc) is 2.72. The number of benzene rings is 1. The van der Waals surface area contributed by atoms with Crippen molar-refractivity contribution in [1.29, 1.82) is 0 Å². The normalized spacial score (nSPS) is 10.9. The molecule has 3 aromatic rings. The summed E-state index contributed by atoms with van der Waals surface area (Å²) in [6, 6.07) is 9.55. The van der Waals surface area contributed by atoms with Crippen LogP contribution in [-0.2, 0) is 0 Å². The van der Waals surface area contributed by atoms with E-state index >= 15 is 0 Å². The first-order valence-corrected chi connectivity index (χ1v) is 5.02. The molecule has 5 heteroatoms. The monoisotopic (exact) mass is 229 g/mol. The van der Waals surface area contributed by atoms with Crippen molar-refractivity contribution < 1.29 is 8.81 Å². The summed E-state index contributed by atoms with van der Waals surface area (Å²) < 4.78 is 19.0. The molecule has 0 aliphatic rings. The fourth-order valence-electron chi connectivity index (χ4n) is 1.58. The van der Waals surface area contributed by atoms with E-state index in [0.29, 0.717) is 22.6 Å². The third-order valence-corrected chi connectivity index (χ3v) is 2.38. The molecular formula is C12H8FN3O. The molecular weight excluding hydrogens is 221 g/mol. The van der Waals surface area contributed by atoms with Crippen molar-refractivity contribution in [2.24, 2.45) is 0 Å². The Morgan fingerprint density at radius 3 is 2.71 bits per heavy atom. The summed E-state index contributed by atoms with van der Waals surface area (Å²) in [6.07, 6.45) is 0. The fraction of sp³-hybridized carbons (Fsp3) is 0. The van der Waals surface area contributed by atoms with E-state index in [1.807, 2.05) is 0 Å². The summed E-state index contributed by atoms with van der Waals surface area (Å²) in [5, 5.41) is 0. The van der Waals surface area contributed by atoms with E-state index in [4.69, 9.17) is 10.2 Å². The van der Waals surface area contributed by atoms with Crippen molar-refractivity contribution in [3.05, 3.63) is 42.2 Å². The van der Waals surface area contributed by atoms with Gasteiger partial charge in [0.2, 0.25) is 11.5 Å². The number of nitrogen functional groups attached to an aromatic ring is 1. The number of nitrogens with zero attached hydrogens (tertiary/aromatic N) is 2. The number of nitrogens with two attached hydrogens (primary N) is 1. The molecule has 0 spiro atoms. The number of anilines is 1. The number of oxazole rings is 1. The van der Waals surface area contributed by atoms with Gasteiger partial charge in [-0.05, 0) is 24.3 Å². The predicted octanol–water partition coefficient (Wildman–Crippen LogP) is 2.61.